The van der Waals surface area contributed by atoms with Gasteiger partial charge in [0.05, 0.1) is 29.8 Å². The Kier molecular flexibility index (Phi) is 3.42. The zero-order valence-corrected chi connectivity index (χ0v) is 12.9. The summed E-state index contributed by atoms with van der Waals surface area (Å²) in [6, 6.07) is 0. The smallest absolute Gasteiger partial charge is 0.277 e. The Hall–Kier alpha value is -2.28. The number of hydrogen-bond donors (Lipinski definition) is 0. The van der Waals surface area contributed by atoms with E-state index in [9.17, 15) is 4.79 Å². The summed E-state index contributed by atoms with van der Waals surface area (Å²) in [7, 11) is 1.66. The molecule has 0 amide bonds. The molecule has 0 saturated heterocycles. The van der Waals surface area contributed by atoms with E-state index in [2.05, 4.69) is 15.1 Å². The van der Waals surface area contributed by atoms with Crippen LogP contribution in [0, 0.1) is 13.8 Å². The number of imidazole rings is 1. The van der Waals surface area contributed by atoms with Crippen LogP contribution in [0.25, 0.3) is 10.6 Å². The Morgan fingerprint density at radius 2 is 2.14 bits per heavy atom. The zero-order chi connectivity index (χ0) is 15.0. The number of nitrogens with zero attached hydrogens (tertiary/aromatic N) is 5. The summed E-state index contributed by atoms with van der Waals surface area (Å²) in [6.45, 7) is 4.47. The maximum Gasteiger partial charge on any atom is 0.277 e. The molecule has 108 valence electrons. The van der Waals surface area contributed by atoms with Crippen LogP contribution in [0.4, 0.5) is 0 Å². The third kappa shape index (κ3) is 2.52. The highest BCUT2D eigenvalue weighted by Gasteiger charge is 2.15. The van der Waals surface area contributed by atoms with E-state index in [0.29, 0.717) is 12.1 Å². The highest BCUT2D eigenvalue weighted by atomic mass is 32.1. The molecule has 0 unspecified atom stereocenters. The van der Waals surface area contributed by atoms with Crippen molar-refractivity contribution in [2.24, 2.45) is 7.05 Å². The van der Waals surface area contributed by atoms with Crippen LogP contribution in [0.3, 0.4) is 0 Å². The molecule has 0 aliphatic heterocycles. The van der Waals surface area contributed by atoms with Crippen molar-refractivity contribution in [1.82, 2.24) is 24.3 Å². The minimum Gasteiger partial charge on any atom is -0.331 e. The molecule has 0 aromatic carbocycles. The van der Waals surface area contributed by atoms with Crippen molar-refractivity contribution in [3.8, 4) is 10.6 Å². The minimum absolute atomic E-state index is 0.110. The number of aromatic nitrogens is 5. The average molecular weight is 301 g/mol. The maximum atomic E-state index is 12.3. The SMILES string of the molecule is Cc1nn(C)c(=O)c(-c2nc(Cn3ccnc3)cs2)c1C. The van der Waals surface area contributed by atoms with E-state index in [0.717, 1.165) is 22.0 Å². The fourth-order valence-corrected chi connectivity index (χ4v) is 3.07. The van der Waals surface area contributed by atoms with Gasteiger partial charge in [-0.2, -0.15) is 5.10 Å². The molecule has 6 nitrogen and oxygen atoms in total. The number of rotatable bonds is 3. The Labute approximate surface area is 125 Å². The molecule has 0 aliphatic carbocycles. The van der Waals surface area contributed by atoms with Gasteiger partial charge in [0.25, 0.3) is 5.56 Å². The van der Waals surface area contributed by atoms with Crippen molar-refractivity contribution in [2.45, 2.75) is 20.4 Å². The Balaban J connectivity index is 2.03. The summed E-state index contributed by atoms with van der Waals surface area (Å²) in [5.74, 6) is 0. The minimum atomic E-state index is -0.110. The van der Waals surface area contributed by atoms with Gasteiger partial charge in [0, 0.05) is 24.8 Å². The van der Waals surface area contributed by atoms with Gasteiger partial charge in [-0.05, 0) is 19.4 Å². The second-order valence-corrected chi connectivity index (χ2v) is 5.75. The van der Waals surface area contributed by atoms with Gasteiger partial charge < -0.3 is 4.57 Å². The largest absolute Gasteiger partial charge is 0.331 e. The Morgan fingerprint density at radius 1 is 1.33 bits per heavy atom. The first kappa shape index (κ1) is 13.7. The first-order valence-corrected chi connectivity index (χ1v) is 7.39. The lowest BCUT2D eigenvalue weighted by molar-refractivity contribution is 0.690. The van der Waals surface area contributed by atoms with Crippen molar-refractivity contribution in [2.75, 3.05) is 0 Å². The molecule has 0 aliphatic rings. The molecule has 0 N–H and O–H groups in total. The Morgan fingerprint density at radius 3 is 2.86 bits per heavy atom. The monoisotopic (exact) mass is 301 g/mol. The van der Waals surface area contributed by atoms with Gasteiger partial charge >= 0.3 is 0 Å². The van der Waals surface area contributed by atoms with Gasteiger partial charge in [-0.1, -0.05) is 0 Å². The van der Waals surface area contributed by atoms with Crippen LogP contribution in [0.1, 0.15) is 17.0 Å². The predicted octanol–water partition coefficient (Wildman–Crippen LogP) is 1.77. The zero-order valence-electron chi connectivity index (χ0n) is 12.1. The van der Waals surface area contributed by atoms with Gasteiger partial charge in [0.15, 0.2) is 0 Å². The molecule has 3 heterocycles. The lowest BCUT2D eigenvalue weighted by atomic mass is 10.1. The number of aryl methyl sites for hydroxylation is 2. The molecule has 3 rings (SSSR count). The van der Waals surface area contributed by atoms with Crippen LogP contribution < -0.4 is 5.56 Å². The standard InChI is InChI=1S/C14H15N5OS/c1-9-10(2)17-18(3)14(20)12(9)13-16-11(7-21-13)6-19-5-4-15-8-19/h4-5,7-8H,6H2,1-3H3. The molecular formula is C14H15N5OS. The van der Waals surface area contributed by atoms with Crippen LogP contribution in [0.15, 0.2) is 28.9 Å². The highest BCUT2D eigenvalue weighted by Crippen LogP contribution is 2.25. The molecule has 21 heavy (non-hydrogen) atoms. The third-order valence-corrected chi connectivity index (χ3v) is 4.30. The fraction of sp³-hybridized carbons (Fsp3) is 0.286. The molecule has 7 heteroatoms. The highest BCUT2D eigenvalue weighted by molar-refractivity contribution is 7.13. The number of thiazole rings is 1. The van der Waals surface area contributed by atoms with Crippen molar-refractivity contribution >= 4 is 11.3 Å². The van der Waals surface area contributed by atoms with Crippen molar-refractivity contribution in [1.29, 1.82) is 0 Å². The summed E-state index contributed by atoms with van der Waals surface area (Å²) in [5, 5.41) is 6.92. The van der Waals surface area contributed by atoms with Gasteiger partial charge in [-0.25, -0.2) is 14.6 Å². The van der Waals surface area contributed by atoms with E-state index in [1.807, 2.05) is 30.0 Å². The van der Waals surface area contributed by atoms with Crippen LogP contribution in [-0.2, 0) is 13.6 Å². The van der Waals surface area contributed by atoms with E-state index in [1.54, 1.807) is 19.6 Å². The van der Waals surface area contributed by atoms with E-state index in [4.69, 9.17) is 0 Å². The molecule has 0 radical (unpaired) electrons. The summed E-state index contributed by atoms with van der Waals surface area (Å²) in [6.07, 6.45) is 5.37. The molecule has 0 atom stereocenters. The summed E-state index contributed by atoms with van der Waals surface area (Å²) in [5.41, 5.74) is 3.19. The van der Waals surface area contributed by atoms with Gasteiger partial charge in [0.2, 0.25) is 0 Å². The van der Waals surface area contributed by atoms with Gasteiger partial charge in [0.1, 0.15) is 5.01 Å². The quantitative estimate of drug-likeness (QED) is 0.739. The lowest BCUT2D eigenvalue weighted by Gasteiger charge is -2.07. The molecule has 3 aromatic rings. The fourth-order valence-electron chi connectivity index (χ4n) is 2.16. The van der Waals surface area contributed by atoms with Crippen LogP contribution >= 0.6 is 11.3 Å². The molecule has 0 saturated carbocycles. The Bertz CT molecular complexity index is 832. The second kappa shape index (κ2) is 5.25. The van der Waals surface area contributed by atoms with E-state index in [1.165, 1.54) is 16.0 Å². The lowest BCUT2D eigenvalue weighted by Crippen LogP contribution is -2.23. The molecule has 0 fully saturated rings. The second-order valence-electron chi connectivity index (χ2n) is 4.89. The van der Waals surface area contributed by atoms with Crippen molar-refractivity contribution in [3.63, 3.8) is 0 Å². The van der Waals surface area contributed by atoms with E-state index >= 15 is 0 Å². The number of hydrogen-bond acceptors (Lipinski definition) is 5. The van der Waals surface area contributed by atoms with Gasteiger partial charge in [-0.3, -0.25) is 4.79 Å². The van der Waals surface area contributed by atoms with Crippen LogP contribution in [0.5, 0.6) is 0 Å². The maximum absolute atomic E-state index is 12.3. The molecule has 0 bridgehead atoms. The predicted molar refractivity (Wildman–Crippen MR) is 81.4 cm³/mol. The molecule has 3 aromatic heterocycles. The van der Waals surface area contributed by atoms with Crippen LogP contribution in [0.2, 0.25) is 0 Å². The van der Waals surface area contributed by atoms with Gasteiger partial charge in [-0.15, -0.1) is 11.3 Å². The van der Waals surface area contributed by atoms with Crippen LogP contribution in [-0.4, -0.2) is 24.3 Å². The van der Waals surface area contributed by atoms with Crippen molar-refractivity contribution in [3.05, 3.63) is 51.4 Å². The van der Waals surface area contributed by atoms with Crippen molar-refractivity contribution < 1.29 is 0 Å². The van der Waals surface area contributed by atoms with E-state index < -0.39 is 0 Å². The van der Waals surface area contributed by atoms with E-state index in [-0.39, 0.29) is 5.56 Å². The summed E-state index contributed by atoms with van der Waals surface area (Å²) >= 11 is 1.48. The average Bonchev–Trinajstić information content (AvgIpc) is 3.10. The summed E-state index contributed by atoms with van der Waals surface area (Å²) < 4.78 is 3.32. The molecule has 0 spiro atoms. The first-order valence-electron chi connectivity index (χ1n) is 6.51. The summed E-state index contributed by atoms with van der Waals surface area (Å²) in [4.78, 5) is 20.9. The normalized spacial score (nSPS) is 11.0. The first-order chi connectivity index (χ1) is 10.1. The molecular weight excluding hydrogens is 286 g/mol. The topological polar surface area (TPSA) is 65.6 Å². The third-order valence-electron chi connectivity index (χ3n) is 3.39.